The molecule has 0 saturated carbocycles. The zero-order chi connectivity index (χ0) is 29.1. The van der Waals surface area contributed by atoms with Crippen LogP contribution in [0.4, 0.5) is 4.39 Å². The number of benzene rings is 2. The maximum Gasteiger partial charge on any atom is 0.275 e. The van der Waals surface area contributed by atoms with Gasteiger partial charge in [-0.05, 0) is 50.2 Å². The fourth-order valence-electron chi connectivity index (χ4n) is 5.54. The van der Waals surface area contributed by atoms with Gasteiger partial charge < -0.3 is 14.4 Å². The number of aromatic nitrogens is 3. The topological polar surface area (TPSA) is 69.5 Å². The lowest BCUT2D eigenvalue weighted by molar-refractivity contribution is 0.0588. The molecule has 6 rings (SSSR count). The second-order valence-corrected chi connectivity index (χ2v) is 13.4. The Morgan fingerprint density at radius 2 is 1.90 bits per heavy atom. The summed E-state index contributed by atoms with van der Waals surface area (Å²) in [5.41, 5.74) is 3.10. The number of ether oxygens (including phenoxy) is 2. The second kappa shape index (κ2) is 10.5. The van der Waals surface area contributed by atoms with E-state index in [1.165, 1.54) is 13.3 Å². The lowest BCUT2D eigenvalue weighted by atomic mass is 9.96. The number of rotatable bonds is 4. The van der Waals surface area contributed by atoms with Crippen molar-refractivity contribution in [2.75, 3.05) is 25.2 Å². The van der Waals surface area contributed by atoms with Crippen LogP contribution >= 0.6 is 33.7 Å². The van der Waals surface area contributed by atoms with Crippen LogP contribution in [-0.4, -0.2) is 62.1 Å². The Hall–Kier alpha value is -3.40. The zero-order valence-electron chi connectivity index (χ0n) is 22.7. The first-order chi connectivity index (χ1) is 19.6. The molecule has 212 valence electrons. The fraction of sp³-hybridized carbons (Fsp3) is 0.267. The third kappa shape index (κ3) is 4.90. The van der Waals surface area contributed by atoms with Crippen LogP contribution in [0.25, 0.3) is 28.1 Å². The smallest absolute Gasteiger partial charge is 0.275 e. The van der Waals surface area contributed by atoms with E-state index >= 15 is 0 Å². The van der Waals surface area contributed by atoms with Crippen LogP contribution in [0.1, 0.15) is 29.9 Å². The molecular weight excluding hydrogens is 586 g/mol. The molecule has 2 aliphatic rings. The number of fused-ring (bicyclic) bond motifs is 3. The zero-order valence-corrected chi connectivity index (χ0v) is 25.0. The molecule has 1 fully saturated rings. The quantitative estimate of drug-likeness (QED) is 0.185. The minimum atomic E-state index is -0.634. The predicted octanol–water partition coefficient (Wildman–Crippen LogP) is 6.88. The summed E-state index contributed by atoms with van der Waals surface area (Å²) in [5.74, 6) is 6.01. The number of carbonyl (C=O) groups is 1. The van der Waals surface area contributed by atoms with Crippen molar-refractivity contribution in [2.45, 2.75) is 26.0 Å². The molecule has 11 heteroatoms. The maximum absolute atomic E-state index is 14.9. The molecule has 1 saturated heterocycles. The first kappa shape index (κ1) is 27.8. The van der Waals surface area contributed by atoms with Gasteiger partial charge in [0.05, 0.1) is 18.5 Å². The monoisotopic (exact) mass is 612 g/mol. The number of nitrogens with zero attached hydrogens (tertiary/aromatic N) is 4. The lowest BCUT2D eigenvalue weighted by Gasteiger charge is -2.43. The van der Waals surface area contributed by atoms with Gasteiger partial charge in [-0.1, -0.05) is 29.1 Å². The van der Waals surface area contributed by atoms with Crippen molar-refractivity contribution in [3.05, 3.63) is 75.9 Å². The Balaban J connectivity index is 1.59. The second-order valence-electron chi connectivity index (χ2n) is 10.6. The Morgan fingerprint density at radius 3 is 2.59 bits per heavy atom. The first-order valence-electron chi connectivity index (χ1n) is 12.9. The maximum atomic E-state index is 14.9. The summed E-state index contributed by atoms with van der Waals surface area (Å²) in [6.07, 6.45) is 1.39. The standard InChI is InChI=1S/C30H27Cl2FN4O3S/c1-30(2)16-41(4)9-8-36(30)29(38)26-23-15-40-25-14-24(39-3)21(20-6-5-7-34-28(20)33)13-22(25)27(23)37(35-26)19-11-17(31)10-18(32)12-19/h5-7,10-14H,4,8-9,15-16H2,1-3H3. The van der Waals surface area contributed by atoms with E-state index in [9.17, 15) is 9.18 Å². The van der Waals surface area contributed by atoms with Crippen molar-refractivity contribution in [3.63, 3.8) is 0 Å². The number of amides is 1. The van der Waals surface area contributed by atoms with Gasteiger partial charge in [0.1, 0.15) is 18.1 Å². The van der Waals surface area contributed by atoms with Crippen LogP contribution in [0.3, 0.4) is 0 Å². The van der Waals surface area contributed by atoms with Gasteiger partial charge in [0.2, 0.25) is 5.95 Å². The minimum Gasteiger partial charge on any atom is -0.496 e. The van der Waals surface area contributed by atoms with Gasteiger partial charge in [-0.15, -0.1) is 0 Å². The van der Waals surface area contributed by atoms with E-state index < -0.39 is 5.95 Å². The van der Waals surface area contributed by atoms with E-state index in [0.717, 1.165) is 11.5 Å². The molecule has 0 aliphatic carbocycles. The summed E-state index contributed by atoms with van der Waals surface area (Å²) in [4.78, 5) is 19.9. The summed E-state index contributed by atoms with van der Waals surface area (Å²) in [6.45, 7) is 4.81. The average Bonchev–Trinajstić information content (AvgIpc) is 3.31. The minimum absolute atomic E-state index is 0.0121. The van der Waals surface area contributed by atoms with E-state index in [0.29, 0.717) is 56.2 Å². The molecule has 4 aromatic rings. The third-order valence-corrected chi connectivity index (χ3v) is 9.70. The van der Waals surface area contributed by atoms with Crippen LogP contribution < -0.4 is 9.47 Å². The molecule has 1 atom stereocenters. The Bertz CT molecular complexity index is 1720. The van der Waals surface area contributed by atoms with E-state index in [1.54, 1.807) is 47.1 Å². The van der Waals surface area contributed by atoms with Gasteiger partial charge in [-0.2, -0.15) is 20.0 Å². The molecule has 1 unspecified atom stereocenters. The number of hydrogen-bond acceptors (Lipinski definition) is 5. The summed E-state index contributed by atoms with van der Waals surface area (Å²) in [7, 11) is 1.50. The van der Waals surface area contributed by atoms with E-state index in [1.807, 2.05) is 4.90 Å². The molecule has 0 spiro atoms. The summed E-state index contributed by atoms with van der Waals surface area (Å²) in [5, 5.41) is 5.70. The average molecular weight is 614 g/mol. The van der Waals surface area contributed by atoms with Gasteiger partial charge in [0.15, 0.2) is 5.69 Å². The van der Waals surface area contributed by atoms with Crippen molar-refractivity contribution in [1.82, 2.24) is 19.7 Å². The van der Waals surface area contributed by atoms with Gasteiger partial charge in [0.25, 0.3) is 5.91 Å². The third-order valence-electron chi connectivity index (χ3n) is 7.39. The molecule has 1 amide bonds. The van der Waals surface area contributed by atoms with Gasteiger partial charge in [0, 0.05) is 68.2 Å². The van der Waals surface area contributed by atoms with E-state index in [4.69, 9.17) is 37.8 Å². The van der Waals surface area contributed by atoms with Crippen molar-refractivity contribution in [3.8, 4) is 39.6 Å². The Kier molecular flexibility index (Phi) is 7.08. The van der Waals surface area contributed by atoms with Crippen LogP contribution in [0.2, 0.25) is 10.0 Å². The molecule has 4 heterocycles. The summed E-state index contributed by atoms with van der Waals surface area (Å²) >= 11 is 12.8. The van der Waals surface area contributed by atoms with Crippen LogP contribution in [-0.2, 0) is 6.61 Å². The van der Waals surface area contributed by atoms with Crippen molar-refractivity contribution in [2.24, 2.45) is 0 Å². The number of hydrogen-bond donors (Lipinski definition) is 0. The number of halogens is 3. The molecule has 41 heavy (non-hydrogen) atoms. The predicted molar refractivity (Wildman–Crippen MR) is 163 cm³/mol. The highest BCUT2D eigenvalue weighted by Gasteiger charge is 2.39. The van der Waals surface area contributed by atoms with Crippen LogP contribution in [0, 0.1) is 5.95 Å². The highest BCUT2D eigenvalue weighted by Crippen LogP contribution is 2.47. The number of pyridine rings is 1. The lowest BCUT2D eigenvalue weighted by Crippen LogP contribution is -2.54. The number of carbonyl (C=O) groups excluding carboxylic acids is 1. The summed E-state index contributed by atoms with van der Waals surface area (Å²) in [6, 6.07) is 11.9. The van der Waals surface area contributed by atoms with Crippen molar-refractivity contribution < 1.29 is 18.7 Å². The number of methoxy groups -OCH3 is 1. The van der Waals surface area contributed by atoms with Crippen LogP contribution in [0.5, 0.6) is 11.5 Å². The van der Waals surface area contributed by atoms with Gasteiger partial charge in [-0.25, -0.2) is 9.67 Å². The molecule has 2 aromatic heterocycles. The SMILES string of the molecule is C=S1CCN(C(=O)c2nn(-c3cc(Cl)cc(Cl)c3)c3c2COc2cc(OC)c(-c4cccnc4F)cc2-3)C(C)(C)C1. The van der Waals surface area contributed by atoms with Crippen molar-refractivity contribution in [1.29, 1.82) is 0 Å². The highest BCUT2D eigenvalue weighted by molar-refractivity contribution is 8.14. The molecule has 2 aromatic carbocycles. The van der Waals surface area contributed by atoms with E-state index in [2.05, 4.69) is 24.7 Å². The molecule has 0 N–H and O–H groups in total. The molecule has 0 radical (unpaired) electrons. The van der Waals surface area contributed by atoms with Crippen molar-refractivity contribution >= 4 is 45.5 Å². The molecule has 0 bridgehead atoms. The molecule has 2 aliphatic heterocycles. The fourth-order valence-corrected chi connectivity index (χ4v) is 7.80. The van der Waals surface area contributed by atoms with E-state index in [-0.39, 0.29) is 39.8 Å². The first-order valence-corrected chi connectivity index (χ1v) is 15.4. The Morgan fingerprint density at radius 1 is 1.15 bits per heavy atom. The van der Waals surface area contributed by atoms with Gasteiger partial charge in [-0.3, -0.25) is 4.79 Å². The van der Waals surface area contributed by atoms with Gasteiger partial charge >= 0.3 is 0 Å². The molecule has 7 nitrogen and oxygen atoms in total. The molecular formula is C30H27Cl2FN4O3S. The van der Waals surface area contributed by atoms with Crippen LogP contribution in [0.15, 0.2) is 48.7 Å². The highest BCUT2D eigenvalue weighted by atomic mass is 35.5. The normalized spacial score (nSPS) is 17.4. The Labute approximate surface area is 249 Å². The largest absolute Gasteiger partial charge is 0.496 e. The summed E-state index contributed by atoms with van der Waals surface area (Å²) < 4.78 is 28.3.